The topological polar surface area (TPSA) is 110 Å². The van der Waals surface area contributed by atoms with Crippen molar-refractivity contribution in [2.75, 3.05) is 25.5 Å². The largest absolute Gasteiger partial charge is 0.447 e. The number of anilines is 1. The number of nitrogens with one attached hydrogen (secondary N) is 2. The molecule has 3 amide bonds. The molecule has 1 aromatic heterocycles. The van der Waals surface area contributed by atoms with Crippen molar-refractivity contribution in [3.63, 3.8) is 0 Å². The van der Waals surface area contributed by atoms with Gasteiger partial charge in [0.05, 0.1) is 16.1 Å². The number of nitrogens with two attached hydrogens (primary N) is 1. The maximum atomic E-state index is 13.5. The predicted octanol–water partition coefficient (Wildman–Crippen LogP) is 3.24. The SMILES string of the molecule is CN(C(=O)NCc1cccc(F)c1Cl)[C@@H](CN)COC(=O)Nc1ccc(Cl)cn1. The van der Waals surface area contributed by atoms with Gasteiger partial charge in [-0.1, -0.05) is 35.3 Å². The monoisotopic (exact) mass is 443 g/mol. The second-order valence-corrected chi connectivity index (χ2v) is 6.77. The van der Waals surface area contributed by atoms with E-state index in [2.05, 4.69) is 15.6 Å². The molecule has 0 radical (unpaired) electrons. The average molecular weight is 444 g/mol. The molecule has 2 aromatic rings. The predicted molar refractivity (Wildman–Crippen MR) is 108 cm³/mol. The van der Waals surface area contributed by atoms with Gasteiger partial charge in [-0.2, -0.15) is 0 Å². The molecule has 0 fully saturated rings. The van der Waals surface area contributed by atoms with Crippen LogP contribution in [0.2, 0.25) is 10.0 Å². The number of ether oxygens (including phenoxy) is 1. The minimum atomic E-state index is -0.751. The van der Waals surface area contributed by atoms with Crippen LogP contribution in [-0.4, -0.2) is 48.2 Å². The van der Waals surface area contributed by atoms with E-state index in [0.29, 0.717) is 10.6 Å². The highest BCUT2D eigenvalue weighted by Gasteiger charge is 2.21. The number of pyridine rings is 1. The molecule has 0 spiro atoms. The fraction of sp³-hybridized carbons (Fsp3) is 0.278. The number of rotatable bonds is 7. The summed E-state index contributed by atoms with van der Waals surface area (Å²) in [5, 5.41) is 5.43. The number of nitrogens with zero attached hydrogens (tertiary/aromatic N) is 2. The standard InChI is InChI=1S/C18H20Cl2FN5O3/c1-26(17(27)24-8-11-3-2-4-14(21)16(11)20)13(7-22)10-29-18(28)25-15-6-5-12(19)9-23-15/h2-6,9,13H,7-8,10,22H2,1H3,(H,24,27)(H,23,25,28)/t13-/m0/s1. The molecule has 8 nitrogen and oxygen atoms in total. The van der Waals surface area contributed by atoms with Gasteiger partial charge >= 0.3 is 12.1 Å². The van der Waals surface area contributed by atoms with E-state index in [-0.39, 0.29) is 30.5 Å². The summed E-state index contributed by atoms with van der Waals surface area (Å²) in [4.78, 5) is 29.4. The van der Waals surface area contributed by atoms with Crippen LogP contribution in [0.1, 0.15) is 5.56 Å². The molecule has 2 rings (SSSR count). The molecule has 1 aromatic carbocycles. The van der Waals surface area contributed by atoms with E-state index in [9.17, 15) is 14.0 Å². The van der Waals surface area contributed by atoms with E-state index in [0.717, 1.165) is 0 Å². The third kappa shape index (κ3) is 6.74. The minimum absolute atomic E-state index is 0.0284. The number of carbonyl (C=O) groups is 2. The maximum Gasteiger partial charge on any atom is 0.412 e. The summed E-state index contributed by atoms with van der Waals surface area (Å²) < 4.78 is 18.6. The molecular formula is C18H20Cl2FN5O3. The number of urea groups is 1. The fourth-order valence-electron chi connectivity index (χ4n) is 2.25. The molecule has 1 heterocycles. The Bertz CT molecular complexity index is 854. The lowest BCUT2D eigenvalue weighted by atomic mass is 10.2. The number of hydrogen-bond donors (Lipinski definition) is 3. The van der Waals surface area contributed by atoms with Crippen molar-refractivity contribution in [3.05, 3.63) is 58.0 Å². The Morgan fingerprint density at radius 2 is 2.07 bits per heavy atom. The van der Waals surface area contributed by atoms with Crippen molar-refractivity contribution < 1.29 is 18.7 Å². The normalized spacial score (nSPS) is 11.5. The van der Waals surface area contributed by atoms with E-state index in [4.69, 9.17) is 33.7 Å². The van der Waals surface area contributed by atoms with Gasteiger partial charge in [-0.3, -0.25) is 5.32 Å². The molecule has 0 saturated heterocycles. The number of halogens is 3. The first-order chi connectivity index (χ1) is 13.8. The summed E-state index contributed by atoms with van der Waals surface area (Å²) >= 11 is 11.6. The summed E-state index contributed by atoms with van der Waals surface area (Å²) in [6.07, 6.45) is 0.627. The molecule has 0 unspecified atom stereocenters. The Hall–Kier alpha value is -2.62. The van der Waals surface area contributed by atoms with Crippen molar-refractivity contribution in [3.8, 4) is 0 Å². The highest BCUT2D eigenvalue weighted by Crippen LogP contribution is 2.19. The number of carbonyl (C=O) groups excluding carboxylic acids is 2. The van der Waals surface area contributed by atoms with Gasteiger partial charge in [0.2, 0.25) is 0 Å². The van der Waals surface area contributed by atoms with Gasteiger partial charge in [0.1, 0.15) is 18.2 Å². The fourth-order valence-corrected chi connectivity index (χ4v) is 2.55. The van der Waals surface area contributed by atoms with Crippen molar-refractivity contribution >= 4 is 41.1 Å². The Labute approximate surface area is 177 Å². The molecular weight excluding hydrogens is 424 g/mol. The molecule has 0 bridgehead atoms. The van der Waals surface area contributed by atoms with Gasteiger partial charge < -0.3 is 20.7 Å². The van der Waals surface area contributed by atoms with Gasteiger partial charge in [-0.05, 0) is 23.8 Å². The van der Waals surface area contributed by atoms with Crippen LogP contribution in [0.5, 0.6) is 0 Å². The first kappa shape index (κ1) is 22.7. The van der Waals surface area contributed by atoms with Crippen LogP contribution in [0.4, 0.5) is 19.8 Å². The molecule has 29 heavy (non-hydrogen) atoms. The van der Waals surface area contributed by atoms with E-state index in [1.165, 1.54) is 36.3 Å². The highest BCUT2D eigenvalue weighted by atomic mass is 35.5. The van der Waals surface area contributed by atoms with Gasteiger partial charge in [-0.25, -0.2) is 19.0 Å². The molecule has 0 aliphatic carbocycles. The second kappa shape index (κ2) is 10.8. The van der Waals surface area contributed by atoms with Crippen LogP contribution < -0.4 is 16.4 Å². The van der Waals surface area contributed by atoms with E-state index in [1.54, 1.807) is 12.1 Å². The van der Waals surface area contributed by atoms with E-state index < -0.39 is 24.0 Å². The smallest absolute Gasteiger partial charge is 0.412 e. The third-order valence-corrected chi connectivity index (χ3v) is 4.61. The van der Waals surface area contributed by atoms with Crippen LogP contribution in [0, 0.1) is 5.82 Å². The molecule has 0 aliphatic rings. The zero-order valence-corrected chi connectivity index (χ0v) is 17.0. The van der Waals surface area contributed by atoms with Gasteiger partial charge in [0, 0.05) is 26.3 Å². The van der Waals surface area contributed by atoms with Crippen LogP contribution >= 0.6 is 23.2 Å². The van der Waals surface area contributed by atoms with Crippen LogP contribution in [-0.2, 0) is 11.3 Å². The van der Waals surface area contributed by atoms with Crippen LogP contribution in [0.15, 0.2) is 36.5 Å². The van der Waals surface area contributed by atoms with Gasteiger partial charge in [0.15, 0.2) is 0 Å². The third-order valence-electron chi connectivity index (χ3n) is 3.97. The molecule has 0 aliphatic heterocycles. The second-order valence-electron chi connectivity index (χ2n) is 5.96. The molecule has 4 N–H and O–H groups in total. The number of aromatic nitrogens is 1. The summed E-state index contributed by atoms with van der Waals surface area (Å²) in [5.74, 6) is -0.303. The quantitative estimate of drug-likeness (QED) is 0.608. The number of benzene rings is 1. The number of hydrogen-bond acceptors (Lipinski definition) is 5. The first-order valence-corrected chi connectivity index (χ1v) is 9.26. The number of likely N-dealkylation sites (N-methyl/N-ethyl adjacent to an activating group) is 1. The molecule has 11 heteroatoms. The van der Waals surface area contributed by atoms with E-state index >= 15 is 0 Å². The summed E-state index contributed by atoms with van der Waals surface area (Å²) in [5.41, 5.74) is 6.12. The average Bonchev–Trinajstić information content (AvgIpc) is 2.70. The van der Waals surface area contributed by atoms with E-state index in [1.807, 2.05) is 0 Å². The lowest BCUT2D eigenvalue weighted by molar-refractivity contribution is 0.119. The summed E-state index contributed by atoms with van der Waals surface area (Å²) in [6.45, 7) is -0.0572. The molecule has 0 saturated carbocycles. The Kier molecular flexibility index (Phi) is 8.44. The van der Waals surface area contributed by atoms with Crippen molar-refractivity contribution in [2.24, 2.45) is 5.73 Å². The Morgan fingerprint density at radius 3 is 2.72 bits per heavy atom. The van der Waals surface area contributed by atoms with Crippen LogP contribution in [0.25, 0.3) is 0 Å². The maximum absolute atomic E-state index is 13.5. The zero-order chi connectivity index (χ0) is 21.4. The summed E-state index contributed by atoms with van der Waals surface area (Å²) in [7, 11) is 1.50. The summed E-state index contributed by atoms with van der Waals surface area (Å²) in [6, 6.07) is 6.34. The van der Waals surface area contributed by atoms with Crippen LogP contribution in [0.3, 0.4) is 0 Å². The highest BCUT2D eigenvalue weighted by molar-refractivity contribution is 6.31. The lowest BCUT2D eigenvalue weighted by Gasteiger charge is -2.27. The zero-order valence-electron chi connectivity index (χ0n) is 15.5. The molecule has 156 valence electrons. The van der Waals surface area contributed by atoms with Crippen molar-refractivity contribution in [1.82, 2.24) is 15.2 Å². The lowest BCUT2D eigenvalue weighted by Crippen LogP contribution is -2.49. The van der Waals surface area contributed by atoms with Gasteiger partial charge in [0.25, 0.3) is 0 Å². The van der Waals surface area contributed by atoms with Crippen molar-refractivity contribution in [1.29, 1.82) is 0 Å². The Morgan fingerprint density at radius 1 is 1.31 bits per heavy atom. The Balaban J connectivity index is 1.84. The van der Waals surface area contributed by atoms with Crippen molar-refractivity contribution in [2.45, 2.75) is 12.6 Å². The number of amides is 3. The molecule has 1 atom stereocenters. The first-order valence-electron chi connectivity index (χ1n) is 8.50. The minimum Gasteiger partial charge on any atom is -0.447 e. The van der Waals surface area contributed by atoms with Gasteiger partial charge in [-0.15, -0.1) is 0 Å².